The molecule has 9 heteroatoms. The summed E-state index contributed by atoms with van der Waals surface area (Å²) < 4.78 is 40.6. The molecule has 2 amide bonds. The maximum absolute atomic E-state index is 13.5. The van der Waals surface area contributed by atoms with Gasteiger partial charge in [0, 0.05) is 4.88 Å². The molecule has 1 aromatic heterocycles. The van der Waals surface area contributed by atoms with Gasteiger partial charge in [0.15, 0.2) is 0 Å². The smallest absolute Gasteiger partial charge is 0.321 e. The Hall–Kier alpha value is -2.84. The number of benzene rings is 2. The summed E-state index contributed by atoms with van der Waals surface area (Å²) >= 11 is 7.48. The topological polar surface area (TPSA) is 58.2 Å². The molecule has 2 N–H and O–H groups in total. The van der Waals surface area contributed by atoms with E-state index in [1.807, 2.05) is 0 Å². The zero-order valence-corrected chi connectivity index (χ0v) is 21.6. The zero-order valence-electron chi connectivity index (χ0n) is 20.1. The number of anilines is 2. The molecule has 1 unspecified atom stereocenters. The predicted molar refractivity (Wildman–Crippen MR) is 138 cm³/mol. The molecule has 0 spiro atoms. The van der Waals surface area contributed by atoms with Crippen LogP contribution in [-0.4, -0.2) is 11.8 Å². The van der Waals surface area contributed by atoms with Crippen molar-refractivity contribution in [3.8, 4) is 0 Å². The van der Waals surface area contributed by atoms with Crippen LogP contribution in [0, 0.1) is 11.3 Å². The first-order valence-corrected chi connectivity index (χ1v) is 12.7. The highest BCUT2D eigenvalue weighted by atomic mass is 35.5. The number of thiophene rings is 1. The Balaban J connectivity index is 1.73. The summed E-state index contributed by atoms with van der Waals surface area (Å²) in [4.78, 5) is 27.4. The summed E-state index contributed by atoms with van der Waals surface area (Å²) in [5.41, 5.74) is 0.0127. The summed E-state index contributed by atoms with van der Waals surface area (Å²) in [5, 5.41) is 5.81. The lowest BCUT2D eigenvalue weighted by atomic mass is 9.72. The Morgan fingerprint density at radius 2 is 1.64 bits per heavy atom. The molecule has 2 aromatic carbocycles. The lowest BCUT2D eigenvalue weighted by Gasteiger charge is -2.33. The molecule has 0 bridgehead atoms. The molecule has 0 radical (unpaired) electrons. The fraction of sp³-hybridized carbons (Fsp3) is 0.333. The van der Waals surface area contributed by atoms with E-state index in [2.05, 4.69) is 31.4 Å². The van der Waals surface area contributed by atoms with Crippen LogP contribution in [0.4, 0.5) is 23.9 Å². The van der Waals surface area contributed by atoms with Crippen molar-refractivity contribution < 1.29 is 22.8 Å². The molecule has 1 heterocycles. The lowest BCUT2D eigenvalue weighted by Crippen LogP contribution is -2.27. The van der Waals surface area contributed by atoms with Gasteiger partial charge in [-0.15, -0.1) is 11.3 Å². The van der Waals surface area contributed by atoms with Gasteiger partial charge in [0.2, 0.25) is 0 Å². The number of nitrogens with one attached hydrogen (secondary N) is 2. The number of halogens is 4. The molecule has 4 rings (SSSR count). The minimum absolute atomic E-state index is 0.0523. The Morgan fingerprint density at radius 3 is 2.31 bits per heavy atom. The standard InChI is InChI=1S/C27H26ClF3N2O2S/c1-26(2,3)15-12-13-17-21(14-15)36-25(33-23(34)16-8-4-6-10-19(16)28)22(17)24(35)32-20-11-7-5-9-18(20)27(29,30)31/h4-11,15H,12-14H2,1-3H3,(H,32,35)(H,33,34). The normalized spacial score (nSPS) is 15.8. The Labute approximate surface area is 216 Å². The van der Waals surface area contributed by atoms with Crippen LogP contribution in [0.25, 0.3) is 0 Å². The van der Waals surface area contributed by atoms with Crippen molar-refractivity contribution in [2.75, 3.05) is 10.6 Å². The number of carbonyl (C=O) groups is 2. The molecule has 190 valence electrons. The van der Waals surface area contributed by atoms with E-state index >= 15 is 0 Å². The van der Waals surface area contributed by atoms with Gasteiger partial charge >= 0.3 is 6.18 Å². The van der Waals surface area contributed by atoms with E-state index in [0.29, 0.717) is 17.3 Å². The number of rotatable bonds is 4. The van der Waals surface area contributed by atoms with Gasteiger partial charge < -0.3 is 10.6 Å². The largest absolute Gasteiger partial charge is 0.418 e. The van der Waals surface area contributed by atoms with Gasteiger partial charge in [0.25, 0.3) is 11.8 Å². The third-order valence-corrected chi connectivity index (χ3v) is 8.04. The zero-order chi connectivity index (χ0) is 26.3. The quantitative estimate of drug-likeness (QED) is 0.355. The molecule has 1 aliphatic rings. The molecule has 3 aromatic rings. The van der Waals surface area contributed by atoms with Crippen LogP contribution in [0.5, 0.6) is 0 Å². The van der Waals surface area contributed by atoms with E-state index in [1.165, 1.54) is 29.5 Å². The molecule has 0 saturated heterocycles. The lowest BCUT2D eigenvalue weighted by molar-refractivity contribution is -0.136. The maximum atomic E-state index is 13.5. The van der Waals surface area contributed by atoms with Crippen LogP contribution in [0.15, 0.2) is 48.5 Å². The van der Waals surface area contributed by atoms with Gasteiger partial charge in [-0.05, 0) is 60.4 Å². The molecule has 0 fully saturated rings. The molecule has 0 saturated carbocycles. The third-order valence-electron chi connectivity index (χ3n) is 6.54. The average Bonchev–Trinajstić information content (AvgIpc) is 3.15. The van der Waals surface area contributed by atoms with Crippen LogP contribution < -0.4 is 10.6 Å². The van der Waals surface area contributed by atoms with Gasteiger partial charge in [0.1, 0.15) is 5.00 Å². The van der Waals surface area contributed by atoms with E-state index in [9.17, 15) is 22.8 Å². The third kappa shape index (κ3) is 5.44. The number of para-hydroxylation sites is 1. The second kappa shape index (κ2) is 9.90. The van der Waals surface area contributed by atoms with Crippen LogP contribution >= 0.6 is 22.9 Å². The fourth-order valence-electron chi connectivity index (χ4n) is 4.49. The number of carbonyl (C=O) groups excluding carboxylic acids is 2. The summed E-state index contributed by atoms with van der Waals surface area (Å²) in [5.74, 6) is -0.804. The Morgan fingerprint density at radius 1 is 0.972 bits per heavy atom. The predicted octanol–water partition coefficient (Wildman–Crippen LogP) is 8.08. The van der Waals surface area contributed by atoms with E-state index < -0.39 is 23.6 Å². The maximum Gasteiger partial charge on any atom is 0.418 e. The minimum Gasteiger partial charge on any atom is -0.321 e. The van der Waals surface area contributed by atoms with E-state index in [-0.39, 0.29) is 27.3 Å². The Kier molecular flexibility index (Phi) is 7.21. The van der Waals surface area contributed by atoms with Gasteiger partial charge in [-0.1, -0.05) is 56.6 Å². The first kappa shape index (κ1) is 26.2. The van der Waals surface area contributed by atoms with Gasteiger partial charge in [-0.25, -0.2) is 0 Å². The van der Waals surface area contributed by atoms with Crippen LogP contribution in [0.2, 0.25) is 5.02 Å². The number of fused-ring (bicyclic) bond motifs is 1. The number of hydrogen-bond acceptors (Lipinski definition) is 3. The monoisotopic (exact) mass is 534 g/mol. The van der Waals surface area contributed by atoms with Crippen molar-refractivity contribution in [3.63, 3.8) is 0 Å². The van der Waals surface area contributed by atoms with Gasteiger partial charge in [0.05, 0.1) is 27.4 Å². The van der Waals surface area contributed by atoms with E-state index in [4.69, 9.17) is 11.6 Å². The number of alkyl halides is 3. The van der Waals surface area contributed by atoms with Crippen molar-refractivity contribution in [2.45, 2.75) is 46.2 Å². The molecular weight excluding hydrogens is 509 g/mol. The van der Waals surface area contributed by atoms with Crippen molar-refractivity contribution in [1.29, 1.82) is 0 Å². The van der Waals surface area contributed by atoms with Gasteiger partial charge in [-0.3, -0.25) is 9.59 Å². The average molecular weight is 535 g/mol. The second-order valence-electron chi connectivity index (χ2n) is 9.95. The molecular formula is C27H26ClF3N2O2S. The summed E-state index contributed by atoms with van der Waals surface area (Å²) in [6.07, 6.45) is -2.46. The second-order valence-corrected chi connectivity index (χ2v) is 11.5. The van der Waals surface area contributed by atoms with Gasteiger partial charge in [-0.2, -0.15) is 13.2 Å². The highest BCUT2D eigenvalue weighted by molar-refractivity contribution is 7.17. The van der Waals surface area contributed by atoms with Crippen LogP contribution in [0.3, 0.4) is 0 Å². The molecule has 36 heavy (non-hydrogen) atoms. The highest BCUT2D eigenvalue weighted by Crippen LogP contribution is 2.45. The summed E-state index contributed by atoms with van der Waals surface area (Å²) in [6.45, 7) is 6.49. The SMILES string of the molecule is CC(C)(C)C1CCc2c(sc(NC(=O)c3ccccc3Cl)c2C(=O)Nc2ccccc2C(F)(F)F)C1. The minimum atomic E-state index is -4.63. The first-order chi connectivity index (χ1) is 16.9. The van der Waals surface area contributed by atoms with Crippen molar-refractivity contribution in [3.05, 3.63) is 80.7 Å². The van der Waals surface area contributed by atoms with Crippen molar-refractivity contribution in [2.24, 2.45) is 11.3 Å². The van der Waals surface area contributed by atoms with Crippen LogP contribution in [-0.2, 0) is 19.0 Å². The molecule has 0 aliphatic heterocycles. The highest BCUT2D eigenvalue weighted by Gasteiger charge is 2.36. The fourth-order valence-corrected chi connectivity index (χ4v) is 6.03. The molecule has 1 aliphatic carbocycles. The summed E-state index contributed by atoms with van der Waals surface area (Å²) in [6, 6.07) is 11.4. The van der Waals surface area contributed by atoms with Crippen molar-refractivity contribution in [1.82, 2.24) is 0 Å². The molecule has 1 atom stereocenters. The summed E-state index contributed by atoms with van der Waals surface area (Å²) in [7, 11) is 0. The van der Waals surface area contributed by atoms with Crippen LogP contribution in [0.1, 0.15) is 63.9 Å². The van der Waals surface area contributed by atoms with E-state index in [0.717, 1.165) is 29.3 Å². The number of hydrogen-bond donors (Lipinski definition) is 2. The number of amides is 2. The van der Waals surface area contributed by atoms with Crippen molar-refractivity contribution >= 4 is 45.4 Å². The Bertz CT molecular complexity index is 1310. The first-order valence-electron chi connectivity index (χ1n) is 11.5. The molecule has 4 nitrogen and oxygen atoms in total. The van der Waals surface area contributed by atoms with E-state index in [1.54, 1.807) is 24.3 Å².